The van der Waals surface area contributed by atoms with Crippen LogP contribution in [-0.4, -0.2) is 11.5 Å². The second-order valence-electron chi connectivity index (χ2n) is 6.01. The summed E-state index contributed by atoms with van der Waals surface area (Å²) in [6, 6.07) is 24.2. The smallest absolute Gasteiger partial charge is 0.227 e. The highest BCUT2D eigenvalue weighted by Gasteiger charge is 2.15. The number of carbonyl (C=O) groups is 1. The van der Waals surface area contributed by atoms with E-state index in [1.807, 2.05) is 55.1 Å². The van der Waals surface area contributed by atoms with Gasteiger partial charge in [-0.05, 0) is 24.6 Å². The topological polar surface area (TPSA) is 20.9 Å². The van der Waals surface area contributed by atoms with Gasteiger partial charge in [-0.3, -0.25) is 4.79 Å². The fraction of sp³-hybridized carbons (Fsp3) is 0.182. The molecule has 0 saturated heterocycles. The molecule has 2 nitrogen and oxygen atoms in total. The average molecular weight is 348 g/mol. The molecule has 0 radical (unpaired) electrons. The Hall–Kier alpha value is -2.39. The first kappa shape index (κ1) is 17.4. The van der Waals surface area contributed by atoms with Crippen LogP contribution in [0.2, 0.25) is 0 Å². The molecular formula is C22H22NOS+. The number of rotatable bonds is 7. The Balaban J connectivity index is 1.63. The van der Waals surface area contributed by atoms with Gasteiger partial charge < -0.3 is 0 Å². The van der Waals surface area contributed by atoms with Crippen molar-refractivity contribution in [3.8, 4) is 0 Å². The first-order valence-electron chi connectivity index (χ1n) is 8.47. The summed E-state index contributed by atoms with van der Waals surface area (Å²) in [7, 11) is 0. The van der Waals surface area contributed by atoms with Crippen molar-refractivity contribution in [1.29, 1.82) is 0 Å². The van der Waals surface area contributed by atoms with Crippen LogP contribution >= 0.6 is 11.8 Å². The van der Waals surface area contributed by atoms with Crippen LogP contribution < -0.4 is 4.57 Å². The normalized spacial score (nSPS) is 10.6. The van der Waals surface area contributed by atoms with Crippen molar-refractivity contribution >= 4 is 17.5 Å². The molecule has 0 atom stereocenters. The molecule has 0 unspecified atom stereocenters. The van der Waals surface area contributed by atoms with E-state index in [-0.39, 0.29) is 5.78 Å². The van der Waals surface area contributed by atoms with Crippen molar-refractivity contribution in [1.82, 2.24) is 0 Å². The Bertz CT molecular complexity index is 831. The molecule has 0 spiro atoms. The molecule has 1 heterocycles. The molecule has 0 aliphatic carbocycles. The highest BCUT2D eigenvalue weighted by Crippen LogP contribution is 2.18. The third kappa shape index (κ3) is 5.04. The lowest BCUT2D eigenvalue weighted by Gasteiger charge is -2.05. The summed E-state index contributed by atoms with van der Waals surface area (Å²) in [6.07, 6.45) is 3.10. The van der Waals surface area contributed by atoms with Crippen LogP contribution in [0.4, 0.5) is 0 Å². The molecule has 0 aliphatic rings. The van der Waals surface area contributed by atoms with Crippen LogP contribution in [0.3, 0.4) is 0 Å². The van der Waals surface area contributed by atoms with Crippen LogP contribution in [0.15, 0.2) is 83.9 Å². The minimum atomic E-state index is 0.143. The third-order valence-corrected chi connectivity index (χ3v) is 5.14. The minimum Gasteiger partial charge on any atom is -0.287 e. The molecule has 0 amide bonds. The number of nitrogens with zero attached hydrogens (tertiary/aromatic N) is 1. The van der Waals surface area contributed by atoms with Crippen molar-refractivity contribution < 1.29 is 9.36 Å². The maximum Gasteiger partial charge on any atom is 0.227 e. The summed E-state index contributed by atoms with van der Waals surface area (Å²) >= 11 is 1.86. The highest BCUT2D eigenvalue weighted by molar-refractivity contribution is 7.99. The van der Waals surface area contributed by atoms with Crippen LogP contribution in [0, 0.1) is 6.92 Å². The fourth-order valence-electron chi connectivity index (χ4n) is 2.66. The monoisotopic (exact) mass is 348 g/mol. The van der Waals surface area contributed by atoms with E-state index in [9.17, 15) is 4.79 Å². The maximum atomic E-state index is 12.5. The number of benzene rings is 2. The van der Waals surface area contributed by atoms with Crippen molar-refractivity contribution in [3.63, 3.8) is 0 Å². The van der Waals surface area contributed by atoms with E-state index in [0.717, 1.165) is 23.4 Å². The van der Waals surface area contributed by atoms with Crippen molar-refractivity contribution in [3.05, 3.63) is 95.8 Å². The first-order valence-corrected chi connectivity index (χ1v) is 9.46. The van der Waals surface area contributed by atoms with Crippen LogP contribution in [0.5, 0.6) is 0 Å². The Morgan fingerprint density at radius 2 is 1.60 bits per heavy atom. The summed E-state index contributed by atoms with van der Waals surface area (Å²) in [4.78, 5) is 13.7. The van der Waals surface area contributed by atoms with E-state index in [1.165, 1.54) is 10.5 Å². The summed E-state index contributed by atoms with van der Waals surface area (Å²) in [6.45, 7) is 2.43. The van der Waals surface area contributed by atoms with Crippen LogP contribution in [0.1, 0.15) is 21.6 Å². The Morgan fingerprint density at radius 1 is 0.920 bits per heavy atom. The van der Waals surface area contributed by atoms with Gasteiger partial charge in [0.05, 0.1) is 0 Å². The molecule has 0 aliphatic heterocycles. The van der Waals surface area contributed by atoms with Gasteiger partial charge in [-0.15, -0.1) is 11.8 Å². The predicted octanol–water partition coefficient (Wildman–Crippen LogP) is 4.50. The second kappa shape index (κ2) is 8.63. The van der Waals surface area contributed by atoms with Crippen molar-refractivity contribution in [2.75, 3.05) is 5.75 Å². The number of Topliss-reactive ketones (excluding diaryl/α,β-unsaturated/α-hetero) is 1. The number of thioether (sulfide) groups is 1. The van der Waals surface area contributed by atoms with Gasteiger partial charge in [-0.1, -0.05) is 48.5 Å². The standard InChI is InChI=1S/C22H22NOS/c1-18-12-13-19(14-15-25-21-10-6-3-7-11-21)16-23(18)17-22(24)20-8-4-2-5-9-20/h2-13,16H,14-15,17H2,1H3/q+1. The highest BCUT2D eigenvalue weighted by atomic mass is 32.2. The van der Waals surface area contributed by atoms with Crippen LogP contribution in [-0.2, 0) is 13.0 Å². The number of ketones is 1. The molecule has 25 heavy (non-hydrogen) atoms. The SMILES string of the molecule is Cc1ccc(CCSc2ccccc2)c[n+]1CC(=O)c1ccccc1. The molecule has 0 N–H and O–H groups in total. The number of hydrogen-bond donors (Lipinski definition) is 0. The number of pyridine rings is 1. The predicted molar refractivity (Wildman–Crippen MR) is 103 cm³/mol. The quantitative estimate of drug-likeness (QED) is 0.356. The molecule has 0 fully saturated rings. The number of aromatic nitrogens is 1. The minimum absolute atomic E-state index is 0.143. The zero-order valence-electron chi connectivity index (χ0n) is 14.4. The molecule has 3 heteroatoms. The van der Waals surface area contributed by atoms with E-state index in [1.54, 1.807) is 0 Å². The van der Waals surface area contributed by atoms with Crippen molar-refractivity contribution in [2.24, 2.45) is 0 Å². The van der Waals surface area contributed by atoms with Gasteiger partial charge in [0.1, 0.15) is 0 Å². The zero-order chi connectivity index (χ0) is 17.5. The van der Waals surface area contributed by atoms with E-state index >= 15 is 0 Å². The molecule has 0 bridgehead atoms. The van der Waals surface area contributed by atoms with Gasteiger partial charge in [-0.25, -0.2) is 0 Å². The van der Waals surface area contributed by atoms with Gasteiger partial charge >= 0.3 is 0 Å². The molecule has 126 valence electrons. The largest absolute Gasteiger partial charge is 0.287 e. The molecule has 0 saturated carbocycles. The average Bonchev–Trinajstić information content (AvgIpc) is 2.66. The van der Waals surface area contributed by atoms with Gasteiger partial charge in [0.15, 0.2) is 11.9 Å². The third-order valence-electron chi connectivity index (χ3n) is 4.13. The molecule has 3 aromatic rings. The summed E-state index contributed by atoms with van der Waals surface area (Å²) in [5.41, 5.74) is 3.12. The second-order valence-corrected chi connectivity index (χ2v) is 7.18. The lowest BCUT2D eigenvalue weighted by atomic mass is 10.1. The lowest BCUT2D eigenvalue weighted by molar-refractivity contribution is -0.689. The summed E-state index contributed by atoms with van der Waals surface area (Å²) in [5.74, 6) is 1.17. The van der Waals surface area contributed by atoms with E-state index in [0.29, 0.717) is 6.54 Å². The molecule has 1 aromatic heterocycles. The van der Waals surface area contributed by atoms with Crippen molar-refractivity contribution in [2.45, 2.75) is 24.8 Å². The molecular weight excluding hydrogens is 326 g/mol. The summed E-state index contributed by atoms with van der Waals surface area (Å²) in [5, 5.41) is 0. The number of hydrogen-bond acceptors (Lipinski definition) is 2. The maximum absolute atomic E-state index is 12.5. The molecule has 3 rings (SSSR count). The van der Waals surface area contributed by atoms with Crippen LogP contribution in [0.25, 0.3) is 0 Å². The molecule has 2 aromatic carbocycles. The van der Waals surface area contributed by atoms with Gasteiger partial charge in [0.2, 0.25) is 12.3 Å². The van der Waals surface area contributed by atoms with E-state index in [4.69, 9.17) is 0 Å². The zero-order valence-corrected chi connectivity index (χ0v) is 15.2. The fourth-order valence-corrected chi connectivity index (χ4v) is 3.58. The summed E-state index contributed by atoms with van der Waals surface area (Å²) < 4.78 is 2.05. The Kier molecular flexibility index (Phi) is 6.02. The Morgan fingerprint density at radius 3 is 2.32 bits per heavy atom. The Labute approximate surface area is 153 Å². The van der Waals surface area contributed by atoms with E-state index in [2.05, 4.69) is 47.2 Å². The number of aryl methyl sites for hydroxylation is 2. The van der Waals surface area contributed by atoms with Gasteiger partial charge in [0, 0.05) is 34.8 Å². The van der Waals surface area contributed by atoms with Gasteiger partial charge in [0.25, 0.3) is 0 Å². The first-order chi connectivity index (χ1) is 12.2. The van der Waals surface area contributed by atoms with E-state index < -0.39 is 0 Å². The van der Waals surface area contributed by atoms with Gasteiger partial charge in [-0.2, -0.15) is 4.57 Å². The number of carbonyl (C=O) groups excluding carboxylic acids is 1. The lowest BCUT2D eigenvalue weighted by Crippen LogP contribution is -2.41.